The molecule has 0 bridgehead atoms. The third kappa shape index (κ3) is 7.51. The Morgan fingerprint density at radius 1 is 1.26 bits per heavy atom. The molecule has 4 heteroatoms. The first-order valence-corrected chi connectivity index (χ1v) is 7.31. The Morgan fingerprint density at radius 3 is 2.21 bits per heavy atom. The first-order chi connectivity index (χ1) is 8.74. The fourth-order valence-electron chi connectivity index (χ4n) is 2.50. The van der Waals surface area contributed by atoms with Crippen LogP contribution in [-0.2, 0) is 0 Å². The maximum atomic E-state index is 9.36. The van der Waals surface area contributed by atoms with Gasteiger partial charge in [-0.25, -0.2) is 0 Å². The molecule has 0 aromatic heterocycles. The van der Waals surface area contributed by atoms with Crippen LogP contribution in [0.4, 0.5) is 0 Å². The van der Waals surface area contributed by atoms with Crippen molar-refractivity contribution in [3.8, 4) is 6.07 Å². The normalized spacial score (nSPS) is 16.7. The number of hydrogen-bond acceptors (Lipinski definition) is 4. The van der Waals surface area contributed by atoms with Crippen LogP contribution in [0, 0.1) is 11.3 Å². The molecule has 0 spiro atoms. The van der Waals surface area contributed by atoms with Gasteiger partial charge in [-0.3, -0.25) is 10.2 Å². The monoisotopic (exact) mass is 268 g/mol. The molecule has 4 nitrogen and oxygen atoms in total. The number of nitrogens with zero attached hydrogens (tertiary/aromatic N) is 3. The van der Waals surface area contributed by atoms with Gasteiger partial charge in [0.25, 0.3) is 0 Å². The standard InChI is InChI=1S/C15H32N4/c1-8-19(14(4)11-18(6)7)10-9-15(5,12-16)17-13(2)3/h13-14,17H,8-11H2,1-7H3. The van der Waals surface area contributed by atoms with E-state index in [2.05, 4.69) is 63.0 Å². The molecule has 0 rings (SSSR count). The highest BCUT2D eigenvalue weighted by Crippen LogP contribution is 2.12. The molecule has 2 atom stereocenters. The van der Waals surface area contributed by atoms with E-state index < -0.39 is 5.54 Å². The second-order valence-corrected chi connectivity index (χ2v) is 6.23. The molecule has 0 aromatic carbocycles. The average molecular weight is 268 g/mol. The van der Waals surface area contributed by atoms with E-state index in [1.807, 2.05) is 6.92 Å². The Balaban J connectivity index is 4.43. The van der Waals surface area contributed by atoms with Gasteiger partial charge in [-0.1, -0.05) is 6.92 Å². The molecule has 0 radical (unpaired) electrons. The molecule has 19 heavy (non-hydrogen) atoms. The molecule has 1 N–H and O–H groups in total. The summed E-state index contributed by atoms with van der Waals surface area (Å²) in [6.07, 6.45) is 0.854. The molecule has 0 amide bonds. The van der Waals surface area contributed by atoms with Gasteiger partial charge in [-0.2, -0.15) is 5.26 Å². The average Bonchev–Trinajstić information content (AvgIpc) is 2.27. The summed E-state index contributed by atoms with van der Waals surface area (Å²) in [5.74, 6) is 0. The molecular formula is C15H32N4. The van der Waals surface area contributed by atoms with Gasteiger partial charge in [-0.15, -0.1) is 0 Å². The van der Waals surface area contributed by atoms with E-state index in [1.165, 1.54) is 0 Å². The van der Waals surface area contributed by atoms with Crippen molar-refractivity contribution in [1.29, 1.82) is 5.26 Å². The Kier molecular flexibility index (Phi) is 8.24. The summed E-state index contributed by atoms with van der Waals surface area (Å²) in [5.41, 5.74) is -0.431. The van der Waals surface area contributed by atoms with Crippen molar-refractivity contribution in [3.05, 3.63) is 0 Å². The van der Waals surface area contributed by atoms with Gasteiger partial charge in [-0.05, 0) is 54.8 Å². The fourth-order valence-corrected chi connectivity index (χ4v) is 2.50. The molecular weight excluding hydrogens is 236 g/mol. The van der Waals surface area contributed by atoms with Gasteiger partial charge in [0.15, 0.2) is 0 Å². The Labute approximate surface area is 119 Å². The van der Waals surface area contributed by atoms with Crippen molar-refractivity contribution in [2.75, 3.05) is 33.7 Å². The second-order valence-electron chi connectivity index (χ2n) is 6.23. The number of nitriles is 1. The lowest BCUT2D eigenvalue weighted by Gasteiger charge is -2.33. The molecule has 0 saturated carbocycles. The molecule has 112 valence electrons. The highest BCUT2D eigenvalue weighted by Gasteiger charge is 2.25. The van der Waals surface area contributed by atoms with Crippen LogP contribution >= 0.6 is 0 Å². The van der Waals surface area contributed by atoms with Gasteiger partial charge >= 0.3 is 0 Å². The number of nitrogens with one attached hydrogen (secondary N) is 1. The molecule has 0 aliphatic heterocycles. The second kappa shape index (κ2) is 8.52. The third-order valence-corrected chi connectivity index (χ3v) is 3.41. The molecule has 0 aliphatic carbocycles. The van der Waals surface area contributed by atoms with E-state index in [-0.39, 0.29) is 0 Å². The molecule has 0 aromatic rings. The molecule has 2 unspecified atom stereocenters. The van der Waals surface area contributed by atoms with Crippen LogP contribution in [0.15, 0.2) is 0 Å². The van der Waals surface area contributed by atoms with Crippen LogP contribution in [0.5, 0.6) is 0 Å². The van der Waals surface area contributed by atoms with E-state index in [0.717, 1.165) is 26.1 Å². The van der Waals surface area contributed by atoms with E-state index in [4.69, 9.17) is 0 Å². The zero-order valence-electron chi connectivity index (χ0n) is 13.8. The fraction of sp³-hybridized carbons (Fsp3) is 0.933. The van der Waals surface area contributed by atoms with E-state index in [9.17, 15) is 5.26 Å². The minimum atomic E-state index is -0.431. The largest absolute Gasteiger partial charge is 0.308 e. The number of hydrogen-bond donors (Lipinski definition) is 1. The first-order valence-electron chi connectivity index (χ1n) is 7.31. The summed E-state index contributed by atoms with van der Waals surface area (Å²) in [6.45, 7) is 13.6. The molecule has 0 aliphatic rings. The highest BCUT2D eigenvalue weighted by molar-refractivity contribution is 5.04. The predicted octanol–water partition coefficient (Wildman–Crippen LogP) is 1.93. The van der Waals surface area contributed by atoms with Crippen molar-refractivity contribution in [2.24, 2.45) is 0 Å². The zero-order valence-corrected chi connectivity index (χ0v) is 13.8. The van der Waals surface area contributed by atoms with Crippen molar-refractivity contribution in [2.45, 2.75) is 58.7 Å². The van der Waals surface area contributed by atoms with Crippen LogP contribution in [0.1, 0.15) is 41.0 Å². The SMILES string of the molecule is CCN(CCC(C)(C#N)NC(C)C)C(C)CN(C)C. The summed E-state index contributed by atoms with van der Waals surface area (Å²) in [7, 11) is 4.20. The zero-order chi connectivity index (χ0) is 15.1. The third-order valence-electron chi connectivity index (χ3n) is 3.41. The lowest BCUT2D eigenvalue weighted by Crippen LogP contribution is -2.49. The van der Waals surface area contributed by atoms with Gasteiger partial charge < -0.3 is 4.90 Å². The topological polar surface area (TPSA) is 42.3 Å². The lowest BCUT2D eigenvalue weighted by atomic mass is 9.98. The van der Waals surface area contributed by atoms with Crippen molar-refractivity contribution < 1.29 is 0 Å². The van der Waals surface area contributed by atoms with Crippen molar-refractivity contribution in [3.63, 3.8) is 0 Å². The number of rotatable bonds is 9. The van der Waals surface area contributed by atoms with E-state index in [1.54, 1.807) is 0 Å². The summed E-state index contributed by atoms with van der Waals surface area (Å²) in [4.78, 5) is 4.65. The van der Waals surface area contributed by atoms with Crippen LogP contribution in [0.3, 0.4) is 0 Å². The van der Waals surface area contributed by atoms with E-state index in [0.29, 0.717) is 12.1 Å². The Morgan fingerprint density at radius 2 is 1.84 bits per heavy atom. The van der Waals surface area contributed by atoms with Crippen LogP contribution in [0.25, 0.3) is 0 Å². The maximum absolute atomic E-state index is 9.36. The van der Waals surface area contributed by atoms with Crippen LogP contribution < -0.4 is 5.32 Å². The summed E-state index contributed by atoms with van der Waals surface area (Å²) >= 11 is 0. The Bertz CT molecular complexity index is 282. The quantitative estimate of drug-likeness (QED) is 0.694. The summed E-state index contributed by atoms with van der Waals surface area (Å²) in [5, 5.41) is 12.7. The van der Waals surface area contributed by atoms with Gasteiger partial charge in [0.1, 0.15) is 5.54 Å². The van der Waals surface area contributed by atoms with Crippen molar-refractivity contribution >= 4 is 0 Å². The van der Waals surface area contributed by atoms with Gasteiger partial charge in [0, 0.05) is 25.2 Å². The minimum Gasteiger partial charge on any atom is -0.308 e. The minimum absolute atomic E-state index is 0.332. The van der Waals surface area contributed by atoms with Gasteiger partial charge in [0.05, 0.1) is 6.07 Å². The van der Waals surface area contributed by atoms with Crippen molar-refractivity contribution in [1.82, 2.24) is 15.1 Å². The molecule has 0 fully saturated rings. The molecule has 0 heterocycles. The van der Waals surface area contributed by atoms with Gasteiger partial charge in [0.2, 0.25) is 0 Å². The molecule has 0 saturated heterocycles. The number of likely N-dealkylation sites (N-methyl/N-ethyl adjacent to an activating group) is 2. The lowest BCUT2D eigenvalue weighted by molar-refractivity contribution is 0.167. The maximum Gasteiger partial charge on any atom is 0.105 e. The predicted molar refractivity (Wildman–Crippen MR) is 82.2 cm³/mol. The smallest absolute Gasteiger partial charge is 0.105 e. The van der Waals surface area contributed by atoms with Crippen LogP contribution in [-0.4, -0.2) is 61.2 Å². The Hall–Kier alpha value is -0.630. The van der Waals surface area contributed by atoms with Crippen LogP contribution in [0.2, 0.25) is 0 Å². The summed E-state index contributed by atoms with van der Waals surface area (Å²) < 4.78 is 0. The summed E-state index contributed by atoms with van der Waals surface area (Å²) in [6, 6.07) is 3.27. The highest BCUT2D eigenvalue weighted by atomic mass is 15.2. The van der Waals surface area contributed by atoms with E-state index >= 15 is 0 Å². The first kappa shape index (κ1) is 18.4.